The van der Waals surface area contributed by atoms with Crippen LogP contribution in [0.3, 0.4) is 0 Å². The molecule has 1 aliphatic rings. The van der Waals surface area contributed by atoms with Gasteiger partial charge in [0.15, 0.2) is 5.78 Å². The van der Waals surface area contributed by atoms with E-state index in [0.29, 0.717) is 17.1 Å². The zero-order valence-electron chi connectivity index (χ0n) is 13.0. The maximum Gasteiger partial charge on any atom is 0.193 e. The topological polar surface area (TPSA) is 55.8 Å². The summed E-state index contributed by atoms with van der Waals surface area (Å²) in [6.45, 7) is 1.70. The van der Waals surface area contributed by atoms with Crippen LogP contribution in [0.4, 0.5) is 0 Å². The number of carbonyl (C=O) groups excluding carboxylic acids is 1. The molecule has 0 fully saturated rings. The number of ether oxygens (including phenoxy) is 2. The lowest BCUT2D eigenvalue weighted by atomic mass is 9.98. The minimum Gasteiger partial charge on any atom is -0.507 e. The predicted octanol–water partition coefficient (Wildman–Crippen LogP) is 3.59. The van der Waals surface area contributed by atoms with Gasteiger partial charge in [-0.05, 0) is 25.3 Å². The van der Waals surface area contributed by atoms with E-state index in [4.69, 9.17) is 9.47 Å². The van der Waals surface area contributed by atoms with Gasteiger partial charge in [0, 0.05) is 11.6 Å². The minimum absolute atomic E-state index is 0.107. The number of aromatic hydroxyl groups is 1. The molecule has 4 nitrogen and oxygen atoms in total. The van der Waals surface area contributed by atoms with Crippen LogP contribution in [0.5, 0.6) is 17.2 Å². The minimum atomic E-state index is -0.289. The Morgan fingerprint density at radius 3 is 2.59 bits per heavy atom. The van der Waals surface area contributed by atoms with Crippen LogP contribution < -0.4 is 9.47 Å². The predicted molar refractivity (Wildman–Crippen MR) is 85.8 cm³/mol. The van der Waals surface area contributed by atoms with Gasteiger partial charge in [-0.1, -0.05) is 30.4 Å². The summed E-state index contributed by atoms with van der Waals surface area (Å²) < 4.78 is 10.4. The highest BCUT2D eigenvalue weighted by Gasteiger charge is 2.20. The first-order chi connectivity index (χ1) is 10.6. The Balaban J connectivity index is 2.32. The second kappa shape index (κ2) is 6.98. The molecule has 1 aromatic carbocycles. The third-order valence-corrected chi connectivity index (χ3v) is 3.66. The van der Waals surface area contributed by atoms with E-state index in [1.807, 2.05) is 24.3 Å². The van der Waals surface area contributed by atoms with Gasteiger partial charge in [0.05, 0.1) is 14.2 Å². The molecule has 0 radical (unpaired) electrons. The highest BCUT2D eigenvalue weighted by molar-refractivity contribution is 6.09. The molecule has 1 atom stereocenters. The van der Waals surface area contributed by atoms with Crippen molar-refractivity contribution in [1.29, 1.82) is 0 Å². The van der Waals surface area contributed by atoms with Crippen LogP contribution in [0.25, 0.3) is 0 Å². The first-order valence-electron chi connectivity index (χ1n) is 7.08. The van der Waals surface area contributed by atoms with Crippen molar-refractivity contribution in [3.8, 4) is 17.2 Å². The molecule has 0 bridgehead atoms. The summed E-state index contributed by atoms with van der Waals surface area (Å²) in [5.41, 5.74) is 0.674. The summed E-state index contributed by atoms with van der Waals surface area (Å²) in [7, 11) is 2.96. The molecule has 22 heavy (non-hydrogen) atoms. The van der Waals surface area contributed by atoms with Gasteiger partial charge in [0.1, 0.15) is 22.8 Å². The van der Waals surface area contributed by atoms with Crippen LogP contribution in [0.1, 0.15) is 22.3 Å². The largest absolute Gasteiger partial charge is 0.507 e. The summed E-state index contributed by atoms with van der Waals surface area (Å²) in [6.07, 6.45) is 12.2. The molecule has 116 valence electrons. The molecule has 0 aliphatic heterocycles. The van der Waals surface area contributed by atoms with Gasteiger partial charge in [-0.25, -0.2) is 0 Å². The zero-order valence-corrected chi connectivity index (χ0v) is 13.0. The van der Waals surface area contributed by atoms with E-state index < -0.39 is 0 Å². The zero-order chi connectivity index (χ0) is 16.1. The Kier molecular flexibility index (Phi) is 5.04. The van der Waals surface area contributed by atoms with E-state index in [1.165, 1.54) is 20.3 Å². The van der Waals surface area contributed by atoms with E-state index >= 15 is 0 Å². The van der Waals surface area contributed by atoms with E-state index in [1.54, 1.807) is 13.0 Å². The summed E-state index contributed by atoms with van der Waals surface area (Å²) in [6, 6.07) is 1.61. The van der Waals surface area contributed by atoms with Crippen molar-refractivity contribution < 1.29 is 19.4 Å². The maximum atomic E-state index is 12.4. The normalized spacial score (nSPS) is 17.0. The van der Waals surface area contributed by atoms with Crippen LogP contribution >= 0.6 is 0 Å². The molecule has 4 heteroatoms. The summed E-state index contributed by atoms with van der Waals surface area (Å²) in [5.74, 6) is 0.582. The number of phenolic OH excluding ortho intramolecular Hbond substituents is 1. The number of allylic oxidation sites excluding steroid dienone is 6. The van der Waals surface area contributed by atoms with Gasteiger partial charge in [0.25, 0.3) is 0 Å². The Hall–Kier alpha value is -2.49. The van der Waals surface area contributed by atoms with Crippen molar-refractivity contribution in [1.82, 2.24) is 0 Å². The SMILES string of the molecule is COc1cc(OC)c(C(=O)C=CC2C=CC=CC2)c(O)c1C. The number of ketones is 1. The second-order valence-corrected chi connectivity index (χ2v) is 5.07. The molecule has 0 aromatic heterocycles. The van der Waals surface area contributed by atoms with Crippen molar-refractivity contribution >= 4 is 5.78 Å². The van der Waals surface area contributed by atoms with Gasteiger partial charge in [-0.15, -0.1) is 0 Å². The van der Waals surface area contributed by atoms with Crippen LogP contribution in [0.15, 0.2) is 42.5 Å². The lowest BCUT2D eigenvalue weighted by Gasteiger charge is -2.14. The van der Waals surface area contributed by atoms with Crippen molar-refractivity contribution in [2.45, 2.75) is 13.3 Å². The summed E-state index contributed by atoms with van der Waals surface area (Å²) in [4.78, 5) is 12.4. The average Bonchev–Trinajstić information content (AvgIpc) is 2.55. The number of methoxy groups -OCH3 is 2. The molecule has 0 saturated heterocycles. The van der Waals surface area contributed by atoms with Gasteiger partial charge >= 0.3 is 0 Å². The Labute approximate surface area is 130 Å². The molecule has 0 amide bonds. The lowest BCUT2D eigenvalue weighted by Crippen LogP contribution is -2.03. The van der Waals surface area contributed by atoms with Gasteiger partial charge in [-0.3, -0.25) is 4.79 Å². The summed E-state index contributed by atoms with van der Waals surface area (Å²) >= 11 is 0. The fourth-order valence-corrected chi connectivity index (χ4v) is 2.37. The highest BCUT2D eigenvalue weighted by atomic mass is 16.5. The lowest BCUT2D eigenvalue weighted by molar-refractivity contribution is 0.104. The molecule has 1 unspecified atom stereocenters. The molecule has 1 aromatic rings. The molecule has 0 saturated carbocycles. The Morgan fingerprint density at radius 2 is 2.00 bits per heavy atom. The van der Waals surface area contributed by atoms with Crippen LogP contribution in [0, 0.1) is 12.8 Å². The van der Waals surface area contributed by atoms with Gasteiger partial charge in [0.2, 0.25) is 0 Å². The maximum absolute atomic E-state index is 12.4. The number of benzene rings is 1. The first kappa shape index (κ1) is 15.9. The Bertz CT molecular complexity index is 654. The molecule has 0 heterocycles. The molecule has 1 N–H and O–H groups in total. The highest BCUT2D eigenvalue weighted by Crippen LogP contribution is 2.38. The number of carbonyl (C=O) groups is 1. The summed E-state index contributed by atoms with van der Waals surface area (Å²) in [5, 5.41) is 10.3. The number of rotatable bonds is 5. The standard InChI is InChI=1S/C18H20O4/c1-12-15(21-2)11-16(22-3)17(18(12)20)14(19)10-9-13-7-5-4-6-8-13/h4-7,9-11,13,20H,8H2,1-3H3. The van der Waals surface area contributed by atoms with E-state index in [-0.39, 0.29) is 23.0 Å². The van der Waals surface area contributed by atoms with E-state index in [0.717, 1.165) is 6.42 Å². The van der Waals surface area contributed by atoms with E-state index in [2.05, 4.69) is 6.08 Å². The molecule has 2 rings (SSSR count). The number of hydrogen-bond donors (Lipinski definition) is 1. The number of hydrogen-bond acceptors (Lipinski definition) is 4. The molecular weight excluding hydrogens is 280 g/mol. The molecule has 1 aliphatic carbocycles. The average molecular weight is 300 g/mol. The Morgan fingerprint density at radius 1 is 1.27 bits per heavy atom. The second-order valence-electron chi connectivity index (χ2n) is 5.07. The monoisotopic (exact) mass is 300 g/mol. The van der Waals surface area contributed by atoms with E-state index in [9.17, 15) is 9.90 Å². The third-order valence-electron chi connectivity index (χ3n) is 3.66. The number of phenols is 1. The quantitative estimate of drug-likeness (QED) is 0.667. The van der Waals surface area contributed by atoms with Gasteiger partial charge in [-0.2, -0.15) is 0 Å². The van der Waals surface area contributed by atoms with Gasteiger partial charge < -0.3 is 14.6 Å². The smallest absolute Gasteiger partial charge is 0.193 e. The fraction of sp³-hybridized carbons (Fsp3) is 0.278. The van der Waals surface area contributed by atoms with Crippen LogP contribution in [-0.2, 0) is 0 Å². The van der Waals surface area contributed by atoms with Crippen molar-refractivity contribution in [2.75, 3.05) is 14.2 Å². The van der Waals surface area contributed by atoms with Crippen molar-refractivity contribution in [3.63, 3.8) is 0 Å². The third kappa shape index (κ3) is 3.22. The fourth-order valence-electron chi connectivity index (χ4n) is 2.37. The van der Waals surface area contributed by atoms with Crippen LogP contribution in [-0.4, -0.2) is 25.1 Å². The van der Waals surface area contributed by atoms with Crippen molar-refractivity contribution in [3.05, 3.63) is 53.6 Å². The first-order valence-corrected chi connectivity index (χ1v) is 7.08. The van der Waals surface area contributed by atoms with Crippen LogP contribution in [0.2, 0.25) is 0 Å². The van der Waals surface area contributed by atoms with Crippen molar-refractivity contribution in [2.24, 2.45) is 5.92 Å². The molecular formula is C18H20O4. The molecule has 0 spiro atoms.